The Kier molecular flexibility index (Phi) is 3.84. The maximum Gasteiger partial charge on any atom is 0.227 e. The van der Waals surface area contributed by atoms with Gasteiger partial charge >= 0.3 is 0 Å². The fourth-order valence-corrected chi connectivity index (χ4v) is 4.86. The predicted octanol–water partition coefficient (Wildman–Crippen LogP) is 5.90. The summed E-state index contributed by atoms with van der Waals surface area (Å²) in [6.45, 7) is 11.3. The average molecular weight is 363 g/mol. The Balaban J connectivity index is 1.82. The van der Waals surface area contributed by atoms with E-state index < -0.39 is 8.07 Å². The molecule has 1 aliphatic rings. The van der Waals surface area contributed by atoms with Crippen LogP contribution in [-0.2, 0) is 0 Å². The fourth-order valence-electron chi connectivity index (χ4n) is 3.67. The zero-order valence-corrected chi connectivity index (χ0v) is 17.4. The van der Waals surface area contributed by atoms with Crippen LogP contribution >= 0.6 is 0 Å². The van der Waals surface area contributed by atoms with Crippen LogP contribution in [0.3, 0.4) is 0 Å². The highest BCUT2D eigenvalue weighted by molar-refractivity contribution is 6.83. The molecule has 0 radical (unpaired) electrons. The van der Waals surface area contributed by atoms with Crippen LogP contribution in [0.4, 0.5) is 0 Å². The van der Waals surface area contributed by atoms with Crippen molar-refractivity contribution in [2.75, 3.05) is 7.05 Å². The lowest BCUT2D eigenvalue weighted by atomic mass is 9.96. The first-order valence-corrected chi connectivity index (χ1v) is 12.7. The number of fused-ring (bicyclic) bond motifs is 3. The number of hydrogen-bond donors (Lipinski definition) is 0. The second-order valence-electron chi connectivity index (χ2n) is 8.42. The maximum atomic E-state index is 6.00. The van der Waals surface area contributed by atoms with Crippen LogP contribution in [0.1, 0.15) is 22.9 Å². The summed E-state index contributed by atoms with van der Waals surface area (Å²) in [5.74, 6) is 0. The monoisotopic (exact) mass is 362 g/mol. The van der Waals surface area contributed by atoms with Gasteiger partial charge in [-0.15, -0.1) is 0 Å². The van der Waals surface area contributed by atoms with Crippen LogP contribution in [0.15, 0.2) is 52.2 Å². The molecular formula is C22H26N2OSi. The van der Waals surface area contributed by atoms with Crippen LogP contribution in [0.25, 0.3) is 22.1 Å². The largest absolute Gasteiger partial charge is 0.438 e. The number of pyridine rings is 1. The highest BCUT2D eigenvalue weighted by atomic mass is 28.3. The molecule has 4 rings (SSSR count). The van der Waals surface area contributed by atoms with Gasteiger partial charge in [0.05, 0.1) is 14.1 Å². The van der Waals surface area contributed by atoms with Gasteiger partial charge in [-0.25, -0.2) is 4.98 Å². The molecule has 134 valence electrons. The highest BCUT2D eigenvalue weighted by Crippen LogP contribution is 2.36. The topological polar surface area (TPSA) is 29.3 Å². The first-order chi connectivity index (χ1) is 12.2. The molecule has 1 unspecified atom stereocenters. The molecule has 0 saturated carbocycles. The first-order valence-electron chi connectivity index (χ1n) is 9.17. The standard InChI is InChI=1S/C22H26N2OSi/c1-14-11-21-19(17-9-7-15(2)23-22(17)25-21)12-18(14)20-10-8-16(13-24(20)3)26(4,5)6/h7-13,20H,1-6H3. The van der Waals surface area contributed by atoms with Crippen molar-refractivity contribution in [3.8, 4) is 0 Å². The molecular weight excluding hydrogens is 336 g/mol. The van der Waals surface area contributed by atoms with Gasteiger partial charge in [0.2, 0.25) is 5.71 Å². The molecule has 1 aliphatic heterocycles. The van der Waals surface area contributed by atoms with E-state index in [1.807, 2.05) is 13.0 Å². The Morgan fingerprint density at radius 1 is 1.08 bits per heavy atom. The van der Waals surface area contributed by atoms with Gasteiger partial charge in [0.25, 0.3) is 0 Å². The fraction of sp³-hybridized carbons (Fsp3) is 0.318. The summed E-state index contributed by atoms with van der Waals surface area (Å²) < 4.78 is 6.00. The van der Waals surface area contributed by atoms with Crippen LogP contribution in [0.2, 0.25) is 19.6 Å². The van der Waals surface area contributed by atoms with Crippen molar-refractivity contribution in [1.82, 2.24) is 9.88 Å². The van der Waals surface area contributed by atoms with E-state index in [9.17, 15) is 0 Å². The van der Waals surface area contributed by atoms with Crippen molar-refractivity contribution in [1.29, 1.82) is 0 Å². The first kappa shape index (κ1) is 17.1. The maximum absolute atomic E-state index is 6.00. The molecule has 0 fully saturated rings. The van der Waals surface area contributed by atoms with Crippen molar-refractivity contribution in [2.45, 2.75) is 39.5 Å². The third-order valence-corrected chi connectivity index (χ3v) is 7.32. The number of benzene rings is 1. The van der Waals surface area contributed by atoms with Crippen LogP contribution in [0.5, 0.6) is 0 Å². The van der Waals surface area contributed by atoms with E-state index in [-0.39, 0.29) is 6.04 Å². The van der Waals surface area contributed by atoms with E-state index in [4.69, 9.17) is 4.42 Å². The summed E-state index contributed by atoms with van der Waals surface area (Å²) >= 11 is 0. The molecule has 4 heteroatoms. The van der Waals surface area contributed by atoms with Crippen molar-refractivity contribution >= 4 is 30.1 Å². The molecule has 0 bridgehead atoms. The Bertz CT molecular complexity index is 1070. The molecule has 0 amide bonds. The number of rotatable bonds is 2. The van der Waals surface area contributed by atoms with Crippen LogP contribution in [0, 0.1) is 13.8 Å². The van der Waals surface area contributed by atoms with E-state index in [0.717, 1.165) is 27.8 Å². The second kappa shape index (κ2) is 5.85. The lowest BCUT2D eigenvalue weighted by molar-refractivity contribution is 0.387. The second-order valence-corrected chi connectivity index (χ2v) is 13.5. The molecule has 2 aromatic heterocycles. The van der Waals surface area contributed by atoms with Gasteiger partial charge in [0, 0.05) is 23.5 Å². The number of furan rings is 1. The van der Waals surface area contributed by atoms with Crippen molar-refractivity contribution in [3.63, 3.8) is 0 Å². The minimum absolute atomic E-state index is 0.253. The lowest BCUT2D eigenvalue weighted by Gasteiger charge is -2.33. The third-order valence-electron chi connectivity index (χ3n) is 5.29. The number of aryl methyl sites for hydroxylation is 2. The van der Waals surface area contributed by atoms with E-state index >= 15 is 0 Å². The number of nitrogens with zero attached hydrogens (tertiary/aromatic N) is 2. The van der Waals surface area contributed by atoms with Gasteiger partial charge in [-0.3, -0.25) is 0 Å². The zero-order chi connectivity index (χ0) is 18.6. The minimum atomic E-state index is -1.31. The normalized spacial score (nSPS) is 18.0. The summed E-state index contributed by atoms with van der Waals surface area (Å²) in [6.07, 6.45) is 7.00. The van der Waals surface area contributed by atoms with Crippen LogP contribution < -0.4 is 0 Å². The Labute approximate surface area is 156 Å². The van der Waals surface area contributed by atoms with Crippen molar-refractivity contribution < 1.29 is 4.42 Å². The van der Waals surface area contributed by atoms with Gasteiger partial charge in [0.15, 0.2) is 0 Å². The highest BCUT2D eigenvalue weighted by Gasteiger charge is 2.25. The minimum Gasteiger partial charge on any atom is -0.438 e. The third kappa shape index (κ3) is 2.78. The molecule has 3 heterocycles. The van der Waals surface area contributed by atoms with Crippen LogP contribution in [-0.4, -0.2) is 25.0 Å². The van der Waals surface area contributed by atoms with Gasteiger partial charge in [-0.2, -0.15) is 0 Å². The lowest BCUT2D eigenvalue weighted by Crippen LogP contribution is -2.29. The van der Waals surface area contributed by atoms with E-state index in [1.165, 1.54) is 16.3 Å². The summed E-state index contributed by atoms with van der Waals surface area (Å²) in [6, 6.07) is 8.86. The van der Waals surface area contributed by atoms with Gasteiger partial charge < -0.3 is 9.32 Å². The molecule has 3 nitrogen and oxygen atoms in total. The van der Waals surface area contributed by atoms with E-state index in [1.54, 1.807) is 0 Å². The molecule has 1 atom stereocenters. The van der Waals surface area contributed by atoms with Gasteiger partial charge in [0.1, 0.15) is 5.58 Å². The Morgan fingerprint density at radius 2 is 1.85 bits per heavy atom. The summed E-state index contributed by atoms with van der Waals surface area (Å²) in [5.41, 5.74) is 5.20. The van der Waals surface area contributed by atoms with Crippen molar-refractivity contribution in [2.24, 2.45) is 0 Å². The predicted molar refractivity (Wildman–Crippen MR) is 112 cm³/mol. The van der Waals surface area contributed by atoms with Gasteiger partial charge in [-0.1, -0.05) is 31.8 Å². The number of hydrogen-bond acceptors (Lipinski definition) is 3. The van der Waals surface area contributed by atoms with E-state index in [2.05, 4.69) is 80.0 Å². The average Bonchev–Trinajstić information content (AvgIpc) is 2.89. The SMILES string of the molecule is Cc1ccc2c(n1)oc1cc(C)c(C3C=CC([Si](C)(C)C)=CN3C)cc12. The Morgan fingerprint density at radius 3 is 2.54 bits per heavy atom. The summed E-state index contributed by atoms with van der Waals surface area (Å²) in [7, 11) is 0.869. The summed E-state index contributed by atoms with van der Waals surface area (Å²) in [4.78, 5) is 6.88. The zero-order valence-electron chi connectivity index (χ0n) is 16.4. The molecule has 0 N–H and O–H groups in total. The number of likely N-dealkylation sites (N-methyl/N-ethyl adjacent to an activating group) is 1. The van der Waals surface area contributed by atoms with Crippen molar-refractivity contribution in [3.05, 3.63) is 64.6 Å². The molecule has 0 saturated heterocycles. The van der Waals surface area contributed by atoms with Gasteiger partial charge in [-0.05, 0) is 60.6 Å². The molecule has 3 aromatic rings. The number of aromatic nitrogens is 1. The quantitative estimate of drug-likeness (QED) is 0.531. The molecule has 26 heavy (non-hydrogen) atoms. The smallest absolute Gasteiger partial charge is 0.227 e. The molecule has 0 spiro atoms. The number of allylic oxidation sites excluding steroid dienone is 2. The Hall–Kier alpha value is -2.33. The molecule has 0 aliphatic carbocycles. The van der Waals surface area contributed by atoms with E-state index in [0.29, 0.717) is 0 Å². The molecule has 1 aromatic carbocycles. The summed E-state index contributed by atoms with van der Waals surface area (Å²) in [5, 5.41) is 3.73.